The van der Waals surface area contributed by atoms with E-state index in [-0.39, 0.29) is 0 Å². The smallest absolute Gasteiger partial charge is 0.156 e. The minimum atomic E-state index is 0.510. The molecule has 0 bridgehead atoms. The van der Waals surface area contributed by atoms with Gasteiger partial charge in [-0.15, -0.1) is 0 Å². The van der Waals surface area contributed by atoms with Crippen molar-refractivity contribution in [3.63, 3.8) is 0 Å². The molecule has 4 heteroatoms. The third-order valence-electron chi connectivity index (χ3n) is 3.67. The van der Waals surface area contributed by atoms with Gasteiger partial charge in [-0.1, -0.05) is 37.0 Å². The Morgan fingerprint density at radius 1 is 1.24 bits per heavy atom. The summed E-state index contributed by atoms with van der Waals surface area (Å²) in [7, 11) is 0. The Morgan fingerprint density at radius 2 is 1.94 bits per heavy atom. The molecule has 1 aliphatic carbocycles. The molecular formula is C13H14Cl2N2. The van der Waals surface area contributed by atoms with Crippen molar-refractivity contribution >= 4 is 28.8 Å². The van der Waals surface area contributed by atoms with E-state index in [9.17, 15) is 0 Å². The second kappa shape index (κ2) is 3.89. The van der Waals surface area contributed by atoms with Crippen LogP contribution in [0, 0.1) is 0 Å². The predicted octanol–water partition coefficient (Wildman–Crippen LogP) is 4.64. The van der Waals surface area contributed by atoms with Gasteiger partial charge in [0.1, 0.15) is 0 Å². The maximum Gasteiger partial charge on any atom is 0.156 e. The van der Waals surface area contributed by atoms with E-state index < -0.39 is 0 Å². The zero-order valence-electron chi connectivity index (χ0n) is 9.87. The summed E-state index contributed by atoms with van der Waals surface area (Å²) >= 11 is 12.3. The molecule has 0 N–H and O–H groups in total. The SMILES string of the molecule is CC1CCC(C)c2c1nc1c(Cl)cc(Cl)cn21. The average Bonchev–Trinajstić information content (AvgIpc) is 2.64. The van der Waals surface area contributed by atoms with Crippen LogP contribution in [0.15, 0.2) is 12.3 Å². The van der Waals surface area contributed by atoms with Gasteiger partial charge in [-0.2, -0.15) is 0 Å². The minimum Gasteiger partial charge on any atom is -0.301 e. The molecule has 0 saturated carbocycles. The molecule has 2 heterocycles. The van der Waals surface area contributed by atoms with Gasteiger partial charge in [0.15, 0.2) is 5.65 Å². The van der Waals surface area contributed by atoms with E-state index in [1.165, 1.54) is 24.2 Å². The van der Waals surface area contributed by atoms with Gasteiger partial charge in [0.25, 0.3) is 0 Å². The Kier molecular flexibility index (Phi) is 2.60. The monoisotopic (exact) mass is 268 g/mol. The standard InChI is InChI=1S/C13H14Cl2N2/c1-7-3-4-8(2)12-11(7)16-13-10(15)5-9(14)6-17(12)13/h5-8H,3-4H2,1-2H3. The van der Waals surface area contributed by atoms with Crippen LogP contribution in [0.3, 0.4) is 0 Å². The molecular weight excluding hydrogens is 255 g/mol. The van der Waals surface area contributed by atoms with Crippen LogP contribution in [0.1, 0.15) is 49.9 Å². The van der Waals surface area contributed by atoms with Gasteiger partial charge >= 0.3 is 0 Å². The molecule has 0 radical (unpaired) electrons. The van der Waals surface area contributed by atoms with Gasteiger partial charge in [-0.3, -0.25) is 0 Å². The maximum atomic E-state index is 6.21. The third kappa shape index (κ3) is 1.66. The van der Waals surface area contributed by atoms with Crippen LogP contribution in [-0.2, 0) is 0 Å². The Bertz CT molecular complexity index is 589. The molecule has 3 rings (SSSR count). The molecule has 2 nitrogen and oxygen atoms in total. The van der Waals surface area contributed by atoms with Gasteiger partial charge in [-0.25, -0.2) is 4.98 Å². The second-order valence-electron chi connectivity index (χ2n) is 4.96. The van der Waals surface area contributed by atoms with Crippen LogP contribution in [0.4, 0.5) is 0 Å². The van der Waals surface area contributed by atoms with Crippen molar-refractivity contribution in [1.29, 1.82) is 0 Å². The molecule has 2 aromatic rings. The zero-order valence-corrected chi connectivity index (χ0v) is 11.4. The number of fused-ring (bicyclic) bond motifs is 3. The van der Waals surface area contributed by atoms with Crippen molar-refractivity contribution in [2.45, 2.75) is 38.5 Å². The van der Waals surface area contributed by atoms with E-state index in [2.05, 4.69) is 18.2 Å². The molecule has 2 atom stereocenters. The Hall–Kier alpha value is -0.730. The highest BCUT2D eigenvalue weighted by Crippen LogP contribution is 2.39. The van der Waals surface area contributed by atoms with Crippen LogP contribution in [0.5, 0.6) is 0 Å². The summed E-state index contributed by atoms with van der Waals surface area (Å²) in [5, 5.41) is 1.29. The van der Waals surface area contributed by atoms with Crippen LogP contribution >= 0.6 is 23.2 Å². The highest BCUT2D eigenvalue weighted by atomic mass is 35.5. The first-order valence-corrected chi connectivity index (χ1v) is 6.70. The van der Waals surface area contributed by atoms with Gasteiger partial charge in [0.2, 0.25) is 0 Å². The first kappa shape index (κ1) is 11.4. The summed E-state index contributed by atoms with van der Waals surface area (Å²) in [6.45, 7) is 4.47. The molecule has 0 fully saturated rings. The fraction of sp³-hybridized carbons (Fsp3) is 0.462. The van der Waals surface area contributed by atoms with E-state index in [1.54, 1.807) is 6.07 Å². The quantitative estimate of drug-likeness (QED) is 0.680. The van der Waals surface area contributed by atoms with Crippen molar-refractivity contribution in [2.24, 2.45) is 0 Å². The van der Waals surface area contributed by atoms with Gasteiger partial charge in [0, 0.05) is 17.8 Å². The van der Waals surface area contributed by atoms with Crippen molar-refractivity contribution in [3.8, 4) is 0 Å². The topological polar surface area (TPSA) is 17.3 Å². The molecule has 0 aromatic carbocycles. The lowest BCUT2D eigenvalue weighted by molar-refractivity contribution is 0.508. The predicted molar refractivity (Wildman–Crippen MR) is 71.3 cm³/mol. The Labute approximate surface area is 111 Å². The van der Waals surface area contributed by atoms with Gasteiger partial charge in [-0.05, 0) is 24.8 Å². The summed E-state index contributed by atoms with van der Waals surface area (Å²) in [4.78, 5) is 4.70. The van der Waals surface area contributed by atoms with E-state index in [4.69, 9.17) is 28.2 Å². The molecule has 0 amide bonds. The number of imidazole rings is 1. The van der Waals surface area contributed by atoms with Crippen molar-refractivity contribution in [2.75, 3.05) is 0 Å². The highest BCUT2D eigenvalue weighted by Gasteiger charge is 2.27. The van der Waals surface area contributed by atoms with Crippen LogP contribution < -0.4 is 0 Å². The fourth-order valence-corrected chi connectivity index (χ4v) is 3.25. The lowest BCUT2D eigenvalue weighted by atomic mass is 9.85. The summed E-state index contributed by atoms with van der Waals surface area (Å²) in [5.74, 6) is 1.03. The molecule has 1 aliphatic rings. The number of nitrogens with zero attached hydrogens (tertiary/aromatic N) is 2. The molecule has 0 spiro atoms. The fourth-order valence-electron chi connectivity index (χ4n) is 2.73. The molecule has 90 valence electrons. The molecule has 17 heavy (non-hydrogen) atoms. The number of hydrogen-bond acceptors (Lipinski definition) is 1. The first-order valence-electron chi connectivity index (χ1n) is 5.95. The second-order valence-corrected chi connectivity index (χ2v) is 5.81. The lowest BCUT2D eigenvalue weighted by Crippen LogP contribution is -2.11. The average molecular weight is 269 g/mol. The van der Waals surface area contributed by atoms with E-state index in [0.29, 0.717) is 21.9 Å². The van der Waals surface area contributed by atoms with Crippen LogP contribution in [0.2, 0.25) is 10.0 Å². The largest absolute Gasteiger partial charge is 0.301 e. The maximum absolute atomic E-state index is 6.21. The highest BCUT2D eigenvalue weighted by molar-refractivity contribution is 6.36. The Morgan fingerprint density at radius 3 is 2.71 bits per heavy atom. The van der Waals surface area contributed by atoms with Crippen LogP contribution in [0.25, 0.3) is 5.65 Å². The van der Waals surface area contributed by atoms with Gasteiger partial charge < -0.3 is 4.40 Å². The lowest BCUT2D eigenvalue weighted by Gasteiger charge is -2.23. The summed E-state index contributed by atoms with van der Waals surface area (Å²) < 4.78 is 2.07. The molecule has 2 unspecified atom stereocenters. The minimum absolute atomic E-state index is 0.510. The summed E-state index contributed by atoms with van der Waals surface area (Å²) in [6, 6.07) is 1.76. The van der Waals surface area contributed by atoms with Crippen LogP contribution in [-0.4, -0.2) is 9.38 Å². The van der Waals surface area contributed by atoms with E-state index in [0.717, 1.165) is 5.65 Å². The summed E-state index contributed by atoms with van der Waals surface area (Å²) in [5.41, 5.74) is 3.30. The van der Waals surface area contributed by atoms with E-state index in [1.807, 2.05) is 6.20 Å². The molecule has 0 aliphatic heterocycles. The van der Waals surface area contributed by atoms with Crippen molar-refractivity contribution in [3.05, 3.63) is 33.7 Å². The number of rotatable bonds is 0. The summed E-state index contributed by atoms with van der Waals surface area (Å²) in [6.07, 6.45) is 4.32. The number of aromatic nitrogens is 2. The molecule has 0 saturated heterocycles. The Balaban J connectivity index is 2.38. The number of hydrogen-bond donors (Lipinski definition) is 0. The molecule has 2 aromatic heterocycles. The van der Waals surface area contributed by atoms with Gasteiger partial charge in [0.05, 0.1) is 15.7 Å². The third-order valence-corrected chi connectivity index (χ3v) is 4.16. The van der Waals surface area contributed by atoms with Crippen molar-refractivity contribution in [1.82, 2.24) is 9.38 Å². The zero-order chi connectivity index (χ0) is 12.2. The number of halogens is 2. The van der Waals surface area contributed by atoms with E-state index >= 15 is 0 Å². The number of pyridine rings is 1. The normalized spacial score (nSPS) is 24.0. The first-order chi connectivity index (χ1) is 8.08. The van der Waals surface area contributed by atoms with Crippen molar-refractivity contribution < 1.29 is 0 Å².